The van der Waals surface area contributed by atoms with Gasteiger partial charge in [-0.05, 0) is 62.2 Å². The zero-order valence-corrected chi connectivity index (χ0v) is 24.4. The normalized spacial score (nSPS) is 10.3. The van der Waals surface area contributed by atoms with Crippen molar-refractivity contribution in [3.63, 3.8) is 0 Å². The molecular weight excluding hydrogens is 555 g/mol. The second-order valence-electron chi connectivity index (χ2n) is 9.58. The molecule has 3 rings (SSSR count). The second kappa shape index (κ2) is 15.2. The van der Waals surface area contributed by atoms with Gasteiger partial charge in [0.1, 0.15) is 49.5 Å². The summed E-state index contributed by atoms with van der Waals surface area (Å²) >= 11 is 0. The summed E-state index contributed by atoms with van der Waals surface area (Å²) in [7, 11) is 0. The molecule has 9 heteroatoms. The number of hydrogen-bond donors (Lipinski definition) is 0. The summed E-state index contributed by atoms with van der Waals surface area (Å²) in [5.74, 6) is -0.971. The van der Waals surface area contributed by atoms with E-state index in [2.05, 4.69) is 19.7 Å². The van der Waals surface area contributed by atoms with E-state index in [9.17, 15) is 14.4 Å². The molecule has 224 valence electrons. The van der Waals surface area contributed by atoms with Crippen molar-refractivity contribution in [1.29, 1.82) is 0 Å². The van der Waals surface area contributed by atoms with E-state index in [0.717, 1.165) is 0 Å². The zero-order chi connectivity index (χ0) is 31.5. The van der Waals surface area contributed by atoms with E-state index in [-0.39, 0.29) is 43.1 Å². The average molecular weight is 589 g/mol. The van der Waals surface area contributed by atoms with Crippen molar-refractivity contribution < 1.29 is 42.5 Å². The van der Waals surface area contributed by atoms with Gasteiger partial charge in [-0.3, -0.25) is 0 Å². The lowest BCUT2D eigenvalue weighted by Crippen LogP contribution is -2.13. The maximum Gasteiger partial charge on any atom is 0.338 e. The molecule has 0 atom stereocenters. The number of halogens is 1. The molecule has 0 heterocycles. The van der Waals surface area contributed by atoms with Crippen LogP contribution in [0.25, 0.3) is 22.3 Å². The molecule has 0 N–H and O–H groups in total. The van der Waals surface area contributed by atoms with E-state index in [0.29, 0.717) is 39.5 Å². The molecule has 0 aliphatic rings. The monoisotopic (exact) mass is 588 g/mol. The molecule has 0 bridgehead atoms. The molecule has 43 heavy (non-hydrogen) atoms. The summed E-state index contributed by atoms with van der Waals surface area (Å²) in [4.78, 5) is 35.0. The molecular formula is C34H33FO8. The Kier molecular flexibility index (Phi) is 11.4. The van der Waals surface area contributed by atoms with E-state index in [1.807, 2.05) is 0 Å². The Balaban J connectivity index is 1.80. The highest BCUT2D eigenvalue weighted by atomic mass is 19.1. The standard InChI is InChI=1S/C34H33FO8/c1-21(2)32(36)41-17-15-39-27-12-14-29(31(20-27)40-16-18-42-33(37)22(3)4)25-9-13-28(30(35)19-25)24-7-10-26(11-8-24)43-34(38)23(5)6/h7-14,19-20H,1,3,5,15-18H2,2,4,6H3. The molecule has 0 unspecified atom stereocenters. The molecule has 3 aromatic carbocycles. The molecule has 0 fully saturated rings. The van der Waals surface area contributed by atoms with Crippen molar-refractivity contribution in [1.82, 2.24) is 0 Å². The van der Waals surface area contributed by atoms with Gasteiger partial charge < -0.3 is 23.7 Å². The van der Waals surface area contributed by atoms with Crippen molar-refractivity contribution in [3.8, 4) is 39.5 Å². The largest absolute Gasteiger partial charge is 0.490 e. The average Bonchev–Trinajstić information content (AvgIpc) is 2.97. The molecule has 8 nitrogen and oxygen atoms in total. The summed E-state index contributed by atoms with van der Waals surface area (Å²) in [5, 5.41) is 0. The molecule has 0 aromatic heterocycles. The fourth-order valence-electron chi connectivity index (χ4n) is 3.59. The van der Waals surface area contributed by atoms with Crippen molar-refractivity contribution in [2.45, 2.75) is 20.8 Å². The number of benzene rings is 3. The molecule has 0 aliphatic carbocycles. The smallest absolute Gasteiger partial charge is 0.338 e. The van der Waals surface area contributed by atoms with Crippen molar-refractivity contribution in [2.75, 3.05) is 26.4 Å². The highest BCUT2D eigenvalue weighted by molar-refractivity contribution is 5.89. The number of carbonyl (C=O) groups is 3. The Hall–Kier alpha value is -5.18. The van der Waals surface area contributed by atoms with Crippen LogP contribution >= 0.6 is 0 Å². The van der Waals surface area contributed by atoms with E-state index >= 15 is 4.39 Å². The summed E-state index contributed by atoms with van der Waals surface area (Å²) in [6.07, 6.45) is 0. The van der Waals surface area contributed by atoms with Crippen LogP contribution in [0, 0.1) is 5.82 Å². The van der Waals surface area contributed by atoms with Crippen LogP contribution in [0.4, 0.5) is 4.39 Å². The van der Waals surface area contributed by atoms with Crippen molar-refractivity contribution in [2.24, 2.45) is 0 Å². The predicted molar refractivity (Wildman–Crippen MR) is 160 cm³/mol. The van der Waals surface area contributed by atoms with Gasteiger partial charge in [-0.2, -0.15) is 0 Å². The van der Waals surface area contributed by atoms with Crippen LogP contribution in [0.5, 0.6) is 17.2 Å². The number of ether oxygens (including phenoxy) is 5. The van der Waals surface area contributed by atoms with Crippen LogP contribution < -0.4 is 14.2 Å². The van der Waals surface area contributed by atoms with Crippen LogP contribution in [0.3, 0.4) is 0 Å². The molecule has 0 saturated heterocycles. The van der Waals surface area contributed by atoms with Crippen LogP contribution in [0.1, 0.15) is 20.8 Å². The highest BCUT2D eigenvalue weighted by Gasteiger charge is 2.14. The van der Waals surface area contributed by atoms with Crippen LogP contribution in [-0.2, 0) is 23.9 Å². The first-order chi connectivity index (χ1) is 20.5. The van der Waals surface area contributed by atoms with Gasteiger partial charge in [0.15, 0.2) is 0 Å². The number of esters is 3. The van der Waals surface area contributed by atoms with E-state index in [4.69, 9.17) is 23.7 Å². The van der Waals surface area contributed by atoms with Crippen LogP contribution in [-0.4, -0.2) is 44.3 Å². The third-order valence-electron chi connectivity index (χ3n) is 5.81. The quantitative estimate of drug-likeness (QED) is 0.0895. The van der Waals surface area contributed by atoms with Gasteiger partial charge >= 0.3 is 17.9 Å². The summed E-state index contributed by atoms with van der Waals surface area (Å²) < 4.78 is 42.3. The Morgan fingerprint density at radius 2 is 1.12 bits per heavy atom. The highest BCUT2D eigenvalue weighted by Crippen LogP contribution is 2.36. The fraction of sp³-hybridized carbons (Fsp3) is 0.206. The molecule has 0 aliphatic heterocycles. The number of rotatable bonds is 14. The van der Waals surface area contributed by atoms with Crippen molar-refractivity contribution in [3.05, 3.63) is 103 Å². The van der Waals surface area contributed by atoms with Gasteiger partial charge in [0.05, 0.1) is 0 Å². The van der Waals surface area contributed by atoms with Crippen molar-refractivity contribution >= 4 is 17.9 Å². The van der Waals surface area contributed by atoms with Gasteiger partial charge in [-0.25, -0.2) is 18.8 Å². The maximum atomic E-state index is 15.4. The van der Waals surface area contributed by atoms with Gasteiger partial charge in [0, 0.05) is 33.9 Å². The molecule has 0 spiro atoms. The first-order valence-electron chi connectivity index (χ1n) is 13.3. The molecule has 0 amide bonds. The number of carbonyl (C=O) groups excluding carboxylic acids is 3. The minimum Gasteiger partial charge on any atom is -0.490 e. The Morgan fingerprint density at radius 1 is 0.605 bits per heavy atom. The Morgan fingerprint density at radius 3 is 1.67 bits per heavy atom. The number of hydrogen-bond acceptors (Lipinski definition) is 8. The lowest BCUT2D eigenvalue weighted by molar-refractivity contribution is -0.140. The second-order valence-corrected chi connectivity index (χ2v) is 9.58. The first kappa shape index (κ1) is 32.3. The summed E-state index contributed by atoms with van der Waals surface area (Å²) in [5.41, 5.74) is 2.86. The molecule has 3 aromatic rings. The van der Waals surface area contributed by atoms with E-state index < -0.39 is 23.7 Å². The summed E-state index contributed by atoms with van der Waals surface area (Å²) in [6, 6.07) is 16.2. The lowest BCUT2D eigenvalue weighted by Gasteiger charge is -2.15. The fourth-order valence-corrected chi connectivity index (χ4v) is 3.59. The van der Waals surface area contributed by atoms with E-state index in [1.165, 1.54) is 6.07 Å². The van der Waals surface area contributed by atoms with Crippen LogP contribution in [0.15, 0.2) is 97.1 Å². The Labute approximate surface area is 250 Å². The SMILES string of the molecule is C=C(C)C(=O)OCCOc1ccc(-c2ccc(-c3ccc(OC(=O)C(=C)C)cc3)c(F)c2)c(OCCOC(=O)C(=C)C)c1. The lowest BCUT2D eigenvalue weighted by atomic mass is 9.99. The van der Waals surface area contributed by atoms with E-state index in [1.54, 1.807) is 75.4 Å². The maximum absolute atomic E-state index is 15.4. The predicted octanol–water partition coefficient (Wildman–Crippen LogP) is 6.64. The van der Waals surface area contributed by atoms with Gasteiger partial charge in [0.25, 0.3) is 0 Å². The summed E-state index contributed by atoms with van der Waals surface area (Å²) in [6.45, 7) is 15.4. The van der Waals surface area contributed by atoms with Gasteiger partial charge in [-0.15, -0.1) is 0 Å². The zero-order valence-electron chi connectivity index (χ0n) is 24.4. The molecule has 0 saturated carbocycles. The minimum absolute atomic E-state index is 0.0183. The topological polar surface area (TPSA) is 97.4 Å². The molecule has 0 radical (unpaired) electrons. The van der Waals surface area contributed by atoms with Crippen LogP contribution in [0.2, 0.25) is 0 Å². The third-order valence-corrected chi connectivity index (χ3v) is 5.81. The Bertz CT molecular complexity index is 1540. The van der Waals surface area contributed by atoms with Gasteiger partial charge in [0.2, 0.25) is 0 Å². The first-order valence-corrected chi connectivity index (χ1v) is 13.3. The minimum atomic E-state index is -0.544. The third kappa shape index (κ3) is 9.43. The van der Waals surface area contributed by atoms with Gasteiger partial charge in [-0.1, -0.05) is 44.0 Å².